The van der Waals surface area contributed by atoms with Crippen molar-refractivity contribution in [3.8, 4) is 0 Å². The second-order valence-corrected chi connectivity index (χ2v) is 14.3. The van der Waals surface area contributed by atoms with E-state index in [9.17, 15) is 0 Å². The fourth-order valence-electron chi connectivity index (χ4n) is 3.11. The van der Waals surface area contributed by atoms with E-state index in [-0.39, 0.29) is 0 Å². The molecule has 0 N–H and O–H groups in total. The number of hydrogen-bond acceptors (Lipinski definition) is 8. The molecule has 0 aromatic carbocycles. The van der Waals surface area contributed by atoms with Gasteiger partial charge in [0.15, 0.2) is 0 Å². The van der Waals surface area contributed by atoms with Crippen LogP contribution in [0.2, 0.25) is 12.1 Å². The normalized spacial score (nSPS) is 12.6. The van der Waals surface area contributed by atoms with Crippen molar-refractivity contribution in [2.24, 2.45) is 0 Å². The van der Waals surface area contributed by atoms with Crippen LogP contribution in [0.5, 0.6) is 0 Å². The molecule has 0 aromatic heterocycles. The van der Waals surface area contributed by atoms with E-state index in [4.69, 9.17) is 26.6 Å². The van der Waals surface area contributed by atoms with Crippen LogP contribution in [0.1, 0.15) is 54.4 Å². The average molecular weight is 503 g/mol. The molecule has 0 aliphatic heterocycles. The Morgan fingerprint density at radius 3 is 0.933 bits per heavy atom. The zero-order valence-electron chi connectivity index (χ0n) is 20.2. The van der Waals surface area contributed by atoms with E-state index in [0.29, 0.717) is 39.6 Å². The van der Waals surface area contributed by atoms with E-state index >= 15 is 0 Å². The first-order valence-corrected chi connectivity index (χ1v) is 17.7. The molecular formula is C20H46O6S2Si2. The molecule has 0 rings (SSSR count). The van der Waals surface area contributed by atoms with Crippen molar-refractivity contribution in [1.29, 1.82) is 0 Å². The zero-order chi connectivity index (χ0) is 22.6. The number of rotatable bonds is 23. The van der Waals surface area contributed by atoms with Crippen molar-refractivity contribution in [2.45, 2.75) is 66.5 Å². The lowest BCUT2D eigenvalue weighted by molar-refractivity contribution is 0.0704. The van der Waals surface area contributed by atoms with Crippen molar-refractivity contribution in [1.82, 2.24) is 0 Å². The lowest BCUT2D eigenvalue weighted by Gasteiger charge is -2.28. The van der Waals surface area contributed by atoms with Gasteiger partial charge >= 0.3 is 17.6 Å². The summed E-state index contributed by atoms with van der Waals surface area (Å²) in [5, 5.41) is 0. The highest BCUT2D eigenvalue weighted by Crippen LogP contribution is 2.22. The van der Waals surface area contributed by atoms with Gasteiger partial charge in [0.05, 0.1) is 0 Å². The molecular weight excluding hydrogens is 457 g/mol. The molecule has 0 unspecified atom stereocenters. The zero-order valence-corrected chi connectivity index (χ0v) is 23.8. The van der Waals surface area contributed by atoms with Crippen LogP contribution < -0.4 is 0 Å². The van der Waals surface area contributed by atoms with E-state index in [1.54, 1.807) is 0 Å². The predicted molar refractivity (Wildman–Crippen MR) is 135 cm³/mol. The third-order valence-electron chi connectivity index (χ3n) is 4.10. The SMILES string of the molecule is CCO[Si](CCCSCCSCCC[Si](OCC)(OCC)OCC)(OCC)OCC. The summed E-state index contributed by atoms with van der Waals surface area (Å²) in [6, 6.07) is 1.81. The van der Waals surface area contributed by atoms with Crippen molar-refractivity contribution in [3.05, 3.63) is 0 Å². The van der Waals surface area contributed by atoms with Gasteiger partial charge in [0.1, 0.15) is 0 Å². The van der Waals surface area contributed by atoms with Crippen LogP contribution in [-0.2, 0) is 26.6 Å². The van der Waals surface area contributed by atoms with Gasteiger partial charge in [-0.3, -0.25) is 0 Å². The quantitative estimate of drug-likeness (QED) is 0.137. The molecule has 182 valence electrons. The predicted octanol–water partition coefficient (Wildman–Crippen LogP) is 5.33. The van der Waals surface area contributed by atoms with Gasteiger partial charge in [-0.25, -0.2) is 0 Å². The highest BCUT2D eigenvalue weighted by molar-refractivity contribution is 8.02. The summed E-state index contributed by atoms with van der Waals surface area (Å²) in [5.74, 6) is 4.58. The van der Waals surface area contributed by atoms with Crippen LogP contribution in [0.15, 0.2) is 0 Å². The Morgan fingerprint density at radius 2 is 0.700 bits per heavy atom. The standard InChI is InChI=1S/C20H46O6S2Si2/c1-7-21-29(22-8-2,23-9-3)19-13-15-27-17-18-28-16-14-20-30(24-10-4,25-11-5)26-12-6/h7-20H2,1-6H3. The summed E-state index contributed by atoms with van der Waals surface area (Å²) in [7, 11) is -4.94. The first-order valence-electron chi connectivity index (χ1n) is 11.6. The topological polar surface area (TPSA) is 55.4 Å². The molecule has 0 bridgehead atoms. The van der Waals surface area contributed by atoms with Gasteiger partial charge in [0.2, 0.25) is 0 Å². The maximum atomic E-state index is 5.92. The van der Waals surface area contributed by atoms with Crippen molar-refractivity contribution in [2.75, 3.05) is 62.7 Å². The molecule has 0 aliphatic rings. The lowest BCUT2D eigenvalue weighted by atomic mass is 10.6. The summed E-state index contributed by atoms with van der Waals surface area (Å²) in [6.45, 7) is 15.9. The van der Waals surface area contributed by atoms with Crippen LogP contribution >= 0.6 is 23.5 Å². The summed E-state index contributed by atoms with van der Waals surface area (Å²) in [4.78, 5) is 0. The van der Waals surface area contributed by atoms with Crippen LogP contribution in [0.3, 0.4) is 0 Å². The fourth-order valence-corrected chi connectivity index (χ4v) is 10.9. The molecule has 10 heteroatoms. The van der Waals surface area contributed by atoms with Gasteiger partial charge in [-0.2, -0.15) is 23.5 Å². The number of thioether (sulfide) groups is 2. The monoisotopic (exact) mass is 502 g/mol. The Labute approximate surface area is 196 Å². The van der Waals surface area contributed by atoms with Crippen molar-refractivity contribution in [3.63, 3.8) is 0 Å². The molecule has 0 amide bonds. The van der Waals surface area contributed by atoms with E-state index in [1.807, 2.05) is 65.1 Å². The van der Waals surface area contributed by atoms with Gasteiger partial charge < -0.3 is 26.6 Å². The average Bonchev–Trinajstić information content (AvgIpc) is 2.70. The summed E-state index contributed by atoms with van der Waals surface area (Å²) < 4.78 is 35.5. The molecule has 0 radical (unpaired) electrons. The Balaban J connectivity index is 3.97. The Bertz CT molecular complexity index is 315. The molecule has 0 spiro atoms. The molecule has 0 aliphatic carbocycles. The summed E-state index contributed by atoms with van der Waals surface area (Å²) >= 11 is 4.01. The smallest absolute Gasteiger partial charge is 0.374 e. The first-order chi connectivity index (χ1) is 14.6. The summed E-state index contributed by atoms with van der Waals surface area (Å²) in [5.41, 5.74) is 0. The maximum Gasteiger partial charge on any atom is 0.500 e. The first kappa shape index (κ1) is 30.9. The van der Waals surface area contributed by atoms with E-state index < -0.39 is 17.6 Å². The van der Waals surface area contributed by atoms with Gasteiger partial charge in [-0.05, 0) is 65.9 Å². The van der Waals surface area contributed by atoms with Crippen molar-refractivity contribution >= 4 is 41.1 Å². The Kier molecular flexibility index (Phi) is 21.1. The highest BCUT2D eigenvalue weighted by Gasteiger charge is 2.40. The minimum absolute atomic E-state index is 0.649. The van der Waals surface area contributed by atoms with Gasteiger partial charge in [-0.1, -0.05) is 0 Å². The Morgan fingerprint density at radius 1 is 0.433 bits per heavy atom. The van der Waals surface area contributed by atoms with Gasteiger partial charge in [0, 0.05) is 63.2 Å². The minimum atomic E-state index is -2.47. The maximum absolute atomic E-state index is 5.92. The molecule has 0 heterocycles. The molecule has 0 fully saturated rings. The van der Waals surface area contributed by atoms with E-state index in [2.05, 4.69) is 0 Å². The third-order valence-corrected chi connectivity index (χ3v) is 12.8. The van der Waals surface area contributed by atoms with Crippen LogP contribution in [0.25, 0.3) is 0 Å². The lowest BCUT2D eigenvalue weighted by Crippen LogP contribution is -2.46. The van der Waals surface area contributed by atoms with Gasteiger partial charge in [-0.15, -0.1) is 0 Å². The van der Waals surface area contributed by atoms with Crippen LogP contribution in [-0.4, -0.2) is 80.3 Å². The minimum Gasteiger partial charge on any atom is -0.374 e. The molecule has 0 aromatic rings. The van der Waals surface area contributed by atoms with E-state index in [1.165, 1.54) is 11.5 Å². The fraction of sp³-hybridized carbons (Fsp3) is 1.00. The summed E-state index contributed by atoms with van der Waals surface area (Å²) in [6.07, 6.45) is 2.15. The second-order valence-electron chi connectivity index (χ2n) is 6.40. The molecule has 30 heavy (non-hydrogen) atoms. The number of hydrogen-bond donors (Lipinski definition) is 0. The second kappa shape index (κ2) is 20.5. The molecule has 0 atom stereocenters. The Hall–Kier alpha value is 0.894. The van der Waals surface area contributed by atoms with E-state index in [0.717, 1.165) is 36.4 Å². The third kappa shape index (κ3) is 14.1. The molecule has 6 nitrogen and oxygen atoms in total. The largest absolute Gasteiger partial charge is 0.500 e. The van der Waals surface area contributed by atoms with Gasteiger partial charge in [0.25, 0.3) is 0 Å². The van der Waals surface area contributed by atoms with Crippen LogP contribution in [0.4, 0.5) is 0 Å². The molecule has 0 saturated heterocycles. The molecule has 0 saturated carbocycles. The van der Waals surface area contributed by atoms with Crippen molar-refractivity contribution < 1.29 is 26.6 Å². The highest BCUT2D eigenvalue weighted by atomic mass is 32.2. The van der Waals surface area contributed by atoms with Crippen LogP contribution in [0, 0.1) is 0 Å².